The van der Waals surface area contributed by atoms with Gasteiger partial charge >= 0.3 is 6.18 Å². The van der Waals surface area contributed by atoms with E-state index in [0.717, 1.165) is 11.8 Å². The van der Waals surface area contributed by atoms with Gasteiger partial charge in [0, 0.05) is 5.75 Å². The largest absolute Gasteiger partial charge is 0.439 e. The highest BCUT2D eigenvalue weighted by molar-refractivity contribution is 7.99. The van der Waals surface area contributed by atoms with Crippen LogP contribution in [0.3, 0.4) is 0 Å². The van der Waals surface area contributed by atoms with E-state index in [1.54, 1.807) is 31.2 Å². The van der Waals surface area contributed by atoms with Crippen molar-refractivity contribution in [2.45, 2.75) is 24.5 Å². The van der Waals surface area contributed by atoms with Crippen LogP contribution in [-0.4, -0.2) is 28.1 Å². The fourth-order valence-electron chi connectivity index (χ4n) is 1.47. The average Bonchev–Trinajstić information content (AvgIpc) is 2.78. The second-order valence-electron chi connectivity index (χ2n) is 4.05. The molecule has 0 radical (unpaired) electrons. The molecule has 0 unspecified atom stereocenters. The maximum atomic E-state index is 12.2. The molecular weight excluding hydrogens is 279 g/mol. The zero-order chi connectivity index (χ0) is 14.0. The van der Waals surface area contributed by atoms with Crippen molar-refractivity contribution in [2.24, 2.45) is 0 Å². The first-order chi connectivity index (χ1) is 8.88. The SMILES string of the molecule is C[C@H](SC[C@H](O)C(F)(F)F)c1nc2ccccc2o1. The van der Waals surface area contributed by atoms with E-state index in [9.17, 15) is 13.2 Å². The molecule has 7 heteroatoms. The number of fused-ring (bicyclic) bond motifs is 1. The first-order valence-electron chi connectivity index (χ1n) is 5.60. The third kappa shape index (κ3) is 3.42. The van der Waals surface area contributed by atoms with Crippen molar-refractivity contribution in [2.75, 3.05) is 5.75 Å². The molecular formula is C12H12F3NO2S. The van der Waals surface area contributed by atoms with Crippen LogP contribution in [0, 0.1) is 0 Å². The number of aliphatic hydroxyl groups is 1. The van der Waals surface area contributed by atoms with E-state index >= 15 is 0 Å². The number of rotatable bonds is 4. The topological polar surface area (TPSA) is 46.3 Å². The number of thioether (sulfide) groups is 1. The molecule has 0 saturated heterocycles. The van der Waals surface area contributed by atoms with Crippen LogP contribution in [0.4, 0.5) is 13.2 Å². The van der Waals surface area contributed by atoms with Crippen LogP contribution in [-0.2, 0) is 0 Å². The maximum absolute atomic E-state index is 12.2. The van der Waals surface area contributed by atoms with Crippen molar-refractivity contribution in [1.29, 1.82) is 0 Å². The number of oxazole rings is 1. The van der Waals surface area contributed by atoms with Gasteiger partial charge in [0.1, 0.15) is 5.52 Å². The van der Waals surface area contributed by atoms with Crippen LogP contribution < -0.4 is 0 Å². The summed E-state index contributed by atoms with van der Waals surface area (Å²) < 4.78 is 42.0. The minimum atomic E-state index is -4.59. The summed E-state index contributed by atoms with van der Waals surface area (Å²) in [7, 11) is 0. The Morgan fingerprint density at radius 2 is 2.05 bits per heavy atom. The van der Waals surface area contributed by atoms with Crippen molar-refractivity contribution >= 4 is 22.9 Å². The lowest BCUT2D eigenvalue weighted by molar-refractivity contribution is -0.195. The molecule has 19 heavy (non-hydrogen) atoms. The third-order valence-electron chi connectivity index (χ3n) is 2.54. The fraction of sp³-hybridized carbons (Fsp3) is 0.417. The van der Waals surface area contributed by atoms with Gasteiger partial charge in [0.05, 0.1) is 5.25 Å². The molecule has 104 valence electrons. The number of aliphatic hydroxyl groups excluding tert-OH is 1. The van der Waals surface area contributed by atoms with Gasteiger partial charge in [-0.3, -0.25) is 0 Å². The first kappa shape index (κ1) is 14.2. The number of halogens is 3. The Morgan fingerprint density at radius 3 is 2.68 bits per heavy atom. The Balaban J connectivity index is 2.02. The number of alkyl halides is 3. The Kier molecular flexibility index (Phi) is 4.05. The molecule has 0 aliphatic rings. The standard InChI is InChI=1S/C12H12F3NO2S/c1-7(19-6-10(17)12(13,14)15)11-16-8-4-2-3-5-9(8)18-11/h2-5,7,10,17H,6H2,1H3/t7-,10-/m0/s1. The summed E-state index contributed by atoms with van der Waals surface area (Å²) >= 11 is 0.953. The Hall–Kier alpha value is -1.21. The summed E-state index contributed by atoms with van der Waals surface area (Å²) in [6.07, 6.45) is -6.92. The lowest BCUT2D eigenvalue weighted by Crippen LogP contribution is -2.30. The predicted octanol–water partition coefficient (Wildman–Crippen LogP) is 3.55. The molecule has 0 fully saturated rings. The highest BCUT2D eigenvalue weighted by atomic mass is 32.2. The van der Waals surface area contributed by atoms with E-state index in [2.05, 4.69) is 4.98 Å². The zero-order valence-corrected chi connectivity index (χ0v) is 10.8. The summed E-state index contributed by atoms with van der Waals surface area (Å²) in [6.45, 7) is 1.69. The highest BCUT2D eigenvalue weighted by Gasteiger charge is 2.38. The van der Waals surface area contributed by atoms with E-state index < -0.39 is 18.0 Å². The van der Waals surface area contributed by atoms with E-state index in [4.69, 9.17) is 9.52 Å². The second-order valence-corrected chi connectivity index (χ2v) is 5.43. The number of nitrogens with zero attached hydrogens (tertiary/aromatic N) is 1. The van der Waals surface area contributed by atoms with E-state index in [-0.39, 0.29) is 5.25 Å². The molecule has 2 rings (SSSR count). The van der Waals surface area contributed by atoms with Crippen molar-refractivity contribution in [3.05, 3.63) is 30.2 Å². The molecule has 2 aromatic rings. The lowest BCUT2D eigenvalue weighted by Gasteiger charge is -2.15. The van der Waals surface area contributed by atoms with Crippen molar-refractivity contribution < 1.29 is 22.7 Å². The van der Waals surface area contributed by atoms with Crippen molar-refractivity contribution in [3.63, 3.8) is 0 Å². The molecule has 0 bridgehead atoms. The normalized spacial score (nSPS) is 15.6. The van der Waals surface area contributed by atoms with Gasteiger partial charge in [0.15, 0.2) is 11.7 Å². The molecule has 1 aromatic carbocycles. The molecule has 2 atom stereocenters. The number of aromatic nitrogens is 1. The molecule has 0 aliphatic heterocycles. The molecule has 0 saturated carbocycles. The quantitative estimate of drug-likeness (QED) is 0.936. The summed E-state index contributed by atoms with van der Waals surface area (Å²) in [5.41, 5.74) is 1.27. The average molecular weight is 291 g/mol. The first-order valence-corrected chi connectivity index (χ1v) is 6.64. The van der Waals surface area contributed by atoms with Crippen LogP contribution in [0.5, 0.6) is 0 Å². The monoisotopic (exact) mass is 291 g/mol. The van der Waals surface area contributed by atoms with Gasteiger partial charge in [0.25, 0.3) is 0 Å². The van der Waals surface area contributed by atoms with Gasteiger partial charge < -0.3 is 9.52 Å². The highest BCUT2D eigenvalue weighted by Crippen LogP contribution is 2.32. The predicted molar refractivity (Wildman–Crippen MR) is 66.9 cm³/mol. The van der Waals surface area contributed by atoms with Crippen molar-refractivity contribution in [3.8, 4) is 0 Å². The molecule has 3 nitrogen and oxygen atoms in total. The summed E-state index contributed by atoms with van der Waals surface area (Å²) in [6, 6.07) is 7.11. The molecule has 0 amide bonds. The van der Waals surface area contributed by atoms with Crippen LogP contribution in [0.1, 0.15) is 18.1 Å². The fourth-order valence-corrected chi connectivity index (χ4v) is 2.37. The molecule has 0 spiro atoms. The van der Waals surface area contributed by atoms with Gasteiger partial charge in [-0.1, -0.05) is 12.1 Å². The van der Waals surface area contributed by atoms with Gasteiger partial charge in [-0.25, -0.2) is 4.98 Å². The minimum Gasteiger partial charge on any atom is -0.439 e. The minimum absolute atomic E-state index is 0.357. The maximum Gasteiger partial charge on any atom is 0.415 e. The number of hydrogen-bond donors (Lipinski definition) is 1. The summed E-state index contributed by atoms with van der Waals surface area (Å²) in [5.74, 6) is -0.0794. The molecule has 1 heterocycles. The van der Waals surface area contributed by atoms with E-state index in [0.29, 0.717) is 17.0 Å². The summed E-state index contributed by atoms with van der Waals surface area (Å²) in [5, 5.41) is 8.57. The number of para-hydroxylation sites is 2. The third-order valence-corrected chi connectivity index (χ3v) is 3.75. The number of benzene rings is 1. The van der Waals surface area contributed by atoms with Gasteiger partial charge in [0.2, 0.25) is 5.89 Å². The van der Waals surface area contributed by atoms with Crippen LogP contribution in [0.15, 0.2) is 28.7 Å². The summed E-state index contributed by atoms with van der Waals surface area (Å²) in [4.78, 5) is 4.20. The Bertz CT molecular complexity index is 522. The lowest BCUT2D eigenvalue weighted by atomic mass is 10.3. The number of hydrogen-bond acceptors (Lipinski definition) is 4. The van der Waals surface area contributed by atoms with Gasteiger partial charge in [-0.2, -0.15) is 13.2 Å². The van der Waals surface area contributed by atoms with E-state index in [1.165, 1.54) is 0 Å². The zero-order valence-electron chi connectivity index (χ0n) is 10.0. The van der Waals surface area contributed by atoms with Crippen LogP contribution >= 0.6 is 11.8 Å². The molecule has 1 N–H and O–H groups in total. The van der Waals surface area contributed by atoms with Crippen LogP contribution in [0.25, 0.3) is 11.1 Å². The van der Waals surface area contributed by atoms with Gasteiger partial charge in [-0.15, -0.1) is 11.8 Å². The van der Waals surface area contributed by atoms with E-state index in [1.807, 2.05) is 0 Å². The van der Waals surface area contributed by atoms with Crippen molar-refractivity contribution in [1.82, 2.24) is 4.98 Å². The molecule has 0 aliphatic carbocycles. The van der Waals surface area contributed by atoms with Crippen LogP contribution in [0.2, 0.25) is 0 Å². The molecule has 1 aromatic heterocycles. The Labute approximate surface area is 111 Å². The second kappa shape index (κ2) is 5.42. The smallest absolute Gasteiger partial charge is 0.415 e. The Morgan fingerprint density at radius 1 is 1.37 bits per heavy atom. The van der Waals surface area contributed by atoms with Gasteiger partial charge in [-0.05, 0) is 19.1 Å².